The van der Waals surface area contributed by atoms with Crippen molar-refractivity contribution in [3.8, 4) is 0 Å². The highest BCUT2D eigenvalue weighted by atomic mass is 16.4. The zero-order valence-corrected chi connectivity index (χ0v) is 8.93. The molecule has 16 heavy (non-hydrogen) atoms. The SMILES string of the molecule is C=CCN(C(=O)NCC(O)C(=O)O)C1CC1. The van der Waals surface area contributed by atoms with Gasteiger partial charge in [0.05, 0.1) is 6.54 Å². The van der Waals surface area contributed by atoms with E-state index in [1.165, 1.54) is 0 Å². The summed E-state index contributed by atoms with van der Waals surface area (Å²) in [5, 5.41) is 19.8. The largest absolute Gasteiger partial charge is 0.479 e. The maximum absolute atomic E-state index is 11.6. The van der Waals surface area contributed by atoms with Crippen LogP contribution in [0.3, 0.4) is 0 Å². The molecule has 0 heterocycles. The van der Waals surface area contributed by atoms with Gasteiger partial charge >= 0.3 is 12.0 Å². The summed E-state index contributed by atoms with van der Waals surface area (Å²) in [6.45, 7) is 3.70. The molecule has 1 aliphatic rings. The fourth-order valence-corrected chi connectivity index (χ4v) is 1.30. The van der Waals surface area contributed by atoms with E-state index < -0.39 is 12.1 Å². The lowest BCUT2D eigenvalue weighted by Gasteiger charge is -2.21. The summed E-state index contributed by atoms with van der Waals surface area (Å²) in [5.74, 6) is -1.35. The Hall–Kier alpha value is -1.56. The van der Waals surface area contributed by atoms with Crippen LogP contribution in [-0.2, 0) is 4.79 Å². The van der Waals surface area contributed by atoms with Gasteiger partial charge in [0, 0.05) is 12.6 Å². The number of carbonyl (C=O) groups excluding carboxylic acids is 1. The number of urea groups is 1. The van der Waals surface area contributed by atoms with Gasteiger partial charge in [-0.2, -0.15) is 0 Å². The second kappa shape index (κ2) is 5.50. The number of rotatable bonds is 6. The van der Waals surface area contributed by atoms with Gasteiger partial charge in [0.2, 0.25) is 0 Å². The van der Waals surface area contributed by atoms with Crippen LogP contribution >= 0.6 is 0 Å². The van der Waals surface area contributed by atoms with E-state index in [0.29, 0.717) is 6.54 Å². The van der Waals surface area contributed by atoms with Crippen molar-refractivity contribution in [2.24, 2.45) is 0 Å². The third-order valence-electron chi connectivity index (χ3n) is 2.31. The Labute approximate surface area is 93.5 Å². The van der Waals surface area contributed by atoms with Crippen molar-refractivity contribution in [3.05, 3.63) is 12.7 Å². The fourth-order valence-electron chi connectivity index (χ4n) is 1.30. The van der Waals surface area contributed by atoms with Gasteiger partial charge in [-0.15, -0.1) is 6.58 Å². The zero-order valence-electron chi connectivity index (χ0n) is 8.93. The van der Waals surface area contributed by atoms with Gasteiger partial charge in [-0.1, -0.05) is 6.08 Å². The highest BCUT2D eigenvalue weighted by Gasteiger charge is 2.31. The van der Waals surface area contributed by atoms with Crippen LogP contribution in [0.1, 0.15) is 12.8 Å². The molecule has 0 aromatic rings. The summed E-state index contributed by atoms with van der Waals surface area (Å²) in [4.78, 5) is 23.5. The summed E-state index contributed by atoms with van der Waals surface area (Å²) < 4.78 is 0. The standard InChI is InChI=1S/C10H16N2O4/c1-2-5-12(7-3-4-7)10(16)11-6-8(13)9(14)15/h2,7-8,13H,1,3-6H2,(H,11,16)(H,14,15). The molecule has 0 radical (unpaired) electrons. The molecule has 0 aromatic heterocycles. The van der Waals surface area contributed by atoms with Gasteiger partial charge < -0.3 is 20.4 Å². The van der Waals surface area contributed by atoms with Crippen molar-refractivity contribution >= 4 is 12.0 Å². The third kappa shape index (κ3) is 3.54. The Morgan fingerprint density at radius 1 is 1.56 bits per heavy atom. The molecule has 1 atom stereocenters. The lowest BCUT2D eigenvalue weighted by atomic mass is 10.3. The van der Waals surface area contributed by atoms with Crippen LogP contribution in [0, 0.1) is 0 Å². The number of carboxylic acid groups (broad SMARTS) is 1. The summed E-state index contributed by atoms with van der Waals surface area (Å²) in [6.07, 6.45) is 1.98. The van der Waals surface area contributed by atoms with Crippen LogP contribution in [0.25, 0.3) is 0 Å². The Morgan fingerprint density at radius 2 is 2.19 bits per heavy atom. The van der Waals surface area contributed by atoms with Gasteiger partial charge in [0.1, 0.15) is 0 Å². The minimum absolute atomic E-state index is 0.222. The Morgan fingerprint density at radius 3 is 2.62 bits per heavy atom. The number of hydrogen-bond acceptors (Lipinski definition) is 3. The lowest BCUT2D eigenvalue weighted by molar-refractivity contribution is -0.146. The van der Waals surface area contributed by atoms with E-state index in [2.05, 4.69) is 11.9 Å². The smallest absolute Gasteiger partial charge is 0.334 e. The van der Waals surface area contributed by atoms with Gasteiger partial charge in [0.15, 0.2) is 6.10 Å². The first kappa shape index (κ1) is 12.5. The molecular weight excluding hydrogens is 212 g/mol. The molecule has 0 aromatic carbocycles. The first-order valence-electron chi connectivity index (χ1n) is 5.12. The number of aliphatic hydroxyl groups excluding tert-OH is 1. The molecule has 1 unspecified atom stereocenters. The van der Waals surface area contributed by atoms with Gasteiger partial charge in [0.25, 0.3) is 0 Å². The third-order valence-corrected chi connectivity index (χ3v) is 2.31. The normalized spacial score (nSPS) is 16.3. The molecule has 1 fully saturated rings. The summed E-state index contributed by atoms with van der Waals surface area (Å²) in [5.41, 5.74) is 0. The second-order valence-corrected chi connectivity index (χ2v) is 3.71. The topological polar surface area (TPSA) is 89.9 Å². The zero-order chi connectivity index (χ0) is 12.1. The molecule has 0 saturated heterocycles. The number of nitrogens with zero attached hydrogens (tertiary/aromatic N) is 1. The molecule has 1 saturated carbocycles. The summed E-state index contributed by atoms with van der Waals surface area (Å²) in [7, 11) is 0. The van der Waals surface area contributed by atoms with Gasteiger partial charge in [-0.3, -0.25) is 0 Å². The molecule has 6 nitrogen and oxygen atoms in total. The number of carbonyl (C=O) groups is 2. The number of aliphatic carboxylic acids is 1. The Kier molecular flexibility index (Phi) is 4.30. The van der Waals surface area contributed by atoms with E-state index in [1.807, 2.05) is 0 Å². The lowest BCUT2D eigenvalue weighted by Crippen LogP contribution is -2.45. The van der Waals surface area contributed by atoms with Crippen molar-refractivity contribution < 1.29 is 19.8 Å². The number of amides is 2. The maximum Gasteiger partial charge on any atom is 0.334 e. The number of hydrogen-bond donors (Lipinski definition) is 3. The van der Waals surface area contributed by atoms with Crippen LogP contribution in [0.5, 0.6) is 0 Å². The first-order valence-corrected chi connectivity index (χ1v) is 5.12. The molecule has 1 rings (SSSR count). The van der Waals surface area contributed by atoms with E-state index in [4.69, 9.17) is 10.2 Å². The molecular formula is C10H16N2O4. The summed E-state index contributed by atoms with van der Waals surface area (Å²) >= 11 is 0. The van der Waals surface area contributed by atoms with Gasteiger partial charge in [-0.05, 0) is 12.8 Å². The second-order valence-electron chi connectivity index (χ2n) is 3.71. The molecule has 0 bridgehead atoms. The van der Waals surface area contributed by atoms with E-state index in [-0.39, 0.29) is 18.6 Å². The fraction of sp³-hybridized carbons (Fsp3) is 0.600. The monoisotopic (exact) mass is 228 g/mol. The van der Waals surface area contributed by atoms with Crippen LogP contribution in [0.4, 0.5) is 4.79 Å². The van der Waals surface area contributed by atoms with Crippen LogP contribution < -0.4 is 5.32 Å². The van der Waals surface area contributed by atoms with Gasteiger partial charge in [-0.25, -0.2) is 9.59 Å². The van der Waals surface area contributed by atoms with E-state index >= 15 is 0 Å². The summed E-state index contributed by atoms with van der Waals surface area (Å²) in [6, 6.07) is -0.136. The highest BCUT2D eigenvalue weighted by molar-refractivity contribution is 5.77. The first-order chi connectivity index (χ1) is 7.56. The predicted octanol–water partition coefficient (Wildman–Crippen LogP) is -0.208. The molecule has 90 valence electrons. The van der Waals surface area contributed by atoms with E-state index in [1.54, 1.807) is 11.0 Å². The molecule has 3 N–H and O–H groups in total. The van der Waals surface area contributed by atoms with Crippen molar-refractivity contribution in [1.29, 1.82) is 0 Å². The molecule has 6 heteroatoms. The van der Waals surface area contributed by atoms with E-state index in [0.717, 1.165) is 12.8 Å². The number of aliphatic hydroxyl groups is 1. The predicted molar refractivity (Wildman–Crippen MR) is 57.0 cm³/mol. The molecule has 1 aliphatic carbocycles. The maximum atomic E-state index is 11.6. The minimum atomic E-state index is -1.56. The van der Waals surface area contributed by atoms with Crippen LogP contribution in [0.15, 0.2) is 12.7 Å². The van der Waals surface area contributed by atoms with Crippen molar-refractivity contribution in [2.75, 3.05) is 13.1 Å². The number of carboxylic acids is 1. The van der Waals surface area contributed by atoms with Crippen LogP contribution in [0.2, 0.25) is 0 Å². The van der Waals surface area contributed by atoms with Crippen molar-refractivity contribution in [2.45, 2.75) is 25.0 Å². The number of nitrogens with one attached hydrogen (secondary N) is 1. The van der Waals surface area contributed by atoms with E-state index in [9.17, 15) is 9.59 Å². The minimum Gasteiger partial charge on any atom is -0.479 e. The molecule has 0 spiro atoms. The Bertz CT molecular complexity index is 289. The average Bonchev–Trinajstić information content (AvgIpc) is 3.05. The Balaban J connectivity index is 2.37. The quantitative estimate of drug-likeness (QED) is 0.549. The molecule has 2 amide bonds. The van der Waals surface area contributed by atoms with Crippen molar-refractivity contribution in [1.82, 2.24) is 10.2 Å². The average molecular weight is 228 g/mol. The molecule has 0 aliphatic heterocycles. The van der Waals surface area contributed by atoms with Crippen molar-refractivity contribution in [3.63, 3.8) is 0 Å². The highest BCUT2D eigenvalue weighted by Crippen LogP contribution is 2.26. The van der Waals surface area contributed by atoms with Crippen LogP contribution in [-0.4, -0.2) is 52.3 Å².